The Morgan fingerprint density at radius 2 is 1.96 bits per heavy atom. The Morgan fingerprint density at radius 1 is 1.24 bits per heavy atom. The fraction of sp³-hybridized carbons (Fsp3) is 0.316. The Labute approximate surface area is 147 Å². The summed E-state index contributed by atoms with van der Waals surface area (Å²) in [4.78, 5) is 24.4. The molecule has 0 saturated heterocycles. The van der Waals surface area contributed by atoms with Crippen molar-refractivity contribution < 1.29 is 14.5 Å². The highest BCUT2D eigenvalue weighted by molar-refractivity contribution is 5.78. The summed E-state index contributed by atoms with van der Waals surface area (Å²) >= 11 is 0. The van der Waals surface area contributed by atoms with Crippen LogP contribution in [-0.2, 0) is 11.2 Å². The summed E-state index contributed by atoms with van der Waals surface area (Å²) in [5.41, 5.74) is 1.86. The third-order valence-electron chi connectivity index (χ3n) is 4.21. The number of rotatable bonds is 7. The fourth-order valence-corrected chi connectivity index (χ4v) is 2.44. The molecule has 0 radical (unpaired) electrons. The van der Waals surface area contributed by atoms with Crippen molar-refractivity contribution in [3.8, 4) is 5.75 Å². The van der Waals surface area contributed by atoms with Crippen molar-refractivity contribution in [2.45, 2.75) is 26.3 Å². The van der Waals surface area contributed by atoms with Crippen LogP contribution in [0.5, 0.6) is 5.75 Å². The second-order valence-corrected chi connectivity index (χ2v) is 5.82. The standard InChI is InChI=1S/C19H22N2O4/c1-4-15-7-5-10-18(11-15)25-13-19(22)20(3)14(2)16-8-6-9-17(12-16)21(23)24/h5-12,14H,4,13H2,1-3H3/t14-/m0/s1. The third-order valence-corrected chi connectivity index (χ3v) is 4.21. The van der Waals surface area contributed by atoms with Crippen LogP contribution in [-0.4, -0.2) is 29.4 Å². The van der Waals surface area contributed by atoms with Crippen LogP contribution in [0.3, 0.4) is 0 Å². The molecule has 0 N–H and O–H groups in total. The van der Waals surface area contributed by atoms with Crippen molar-refractivity contribution in [2.24, 2.45) is 0 Å². The SMILES string of the molecule is CCc1cccc(OCC(=O)N(C)[C@@H](C)c2cccc([N+](=O)[O-])c2)c1. The molecule has 0 aliphatic rings. The maximum Gasteiger partial charge on any atom is 0.269 e. The van der Waals surface area contributed by atoms with E-state index in [0.717, 1.165) is 12.0 Å². The van der Waals surface area contributed by atoms with E-state index in [1.54, 1.807) is 19.2 Å². The van der Waals surface area contributed by atoms with Crippen LogP contribution in [0.15, 0.2) is 48.5 Å². The molecule has 2 rings (SSSR count). The molecule has 1 amide bonds. The molecule has 0 spiro atoms. The van der Waals surface area contributed by atoms with Gasteiger partial charge in [-0.2, -0.15) is 0 Å². The van der Waals surface area contributed by atoms with Crippen molar-refractivity contribution >= 4 is 11.6 Å². The first-order chi connectivity index (χ1) is 11.9. The summed E-state index contributed by atoms with van der Waals surface area (Å²) < 4.78 is 5.58. The predicted octanol–water partition coefficient (Wildman–Crippen LogP) is 3.76. The molecule has 6 heteroatoms. The highest BCUT2D eigenvalue weighted by atomic mass is 16.6. The smallest absolute Gasteiger partial charge is 0.269 e. The van der Waals surface area contributed by atoms with E-state index in [1.165, 1.54) is 17.0 Å². The molecular formula is C19H22N2O4. The summed E-state index contributed by atoms with van der Waals surface area (Å²) in [7, 11) is 1.66. The first kappa shape index (κ1) is 18.4. The van der Waals surface area contributed by atoms with E-state index in [9.17, 15) is 14.9 Å². The predicted molar refractivity (Wildman–Crippen MR) is 95.6 cm³/mol. The van der Waals surface area contributed by atoms with Gasteiger partial charge in [-0.1, -0.05) is 31.2 Å². The first-order valence-corrected chi connectivity index (χ1v) is 8.14. The summed E-state index contributed by atoms with van der Waals surface area (Å²) in [5.74, 6) is 0.463. The Balaban J connectivity index is 2.01. The minimum absolute atomic E-state index is 0.0119. The van der Waals surface area contributed by atoms with E-state index >= 15 is 0 Å². The van der Waals surface area contributed by atoms with Gasteiger partial charge >= 0.3 is 0 Å². The van der Waals surface area contributed by atoms with E-state index < -0.39 is 4.92 Å². The molecule has 0 unspecified atom stereocenters. The zero-order valence-electron chi connectivity index (χ0n) is 14.6. The van der Waals surface area contributed by atoms with Crippen molar-refractivity contribution in [3.63, 3.8) is 0 Å². The normalized spacial score (nSPS) is 11.6. The lowest BCUT2D eigenvalue weighted by Crippen LogP contribution is -2.33. The van der Waals surface area contributed by atoms with E-state index in [4.69, 9.17) is 4.74 Å². The van der Waals surface area contributed by atoms with Gasteiger partial charge in [-0.15, -0.1) is 0 Å². The number of hydrogen-bond acceptors (Lipinski definition) is 4. The van der Waals surface area contributed by atoms with Gasteiger partial charge in [-0.25, -0.2) is 0 Å². The van der Waals surface area contributed by atoms with Gasteiger partial charge in [0.1, 0.15) is 5.75 Å². The zero-order valence-corrected chi connectivity index (χ0v) is 14.6. The van der Waals surface area contributed by atoms with Gasteiger partial charge in [0.05, 0.1) is 11.0 Å². The van der Waals surface area contributed by atoms with E-state index in [1.807, 2.05) is 31.2 Å². The Hall–Kier alpha value is -2.89. The molecule has 0 fully saturated rings. The number of ether oxygens (including phenoxy) is 1. The summed E-state index contributed by atoms with van der Waals surface area (Å²) in [6, 6.07) is 13.6. The quantitative estimate of drug-likeness (QED) is 0.567. The summed E-state index contributed by atoms with van der Waals surface area (Å²) in [6.07, 6.45) is 0.898. The highest BCUT2D eigenvalue weighted by Crippen LogP contribution is 2.23. The second kappa shape index (κ2) is 8.28. The van der Waals surface area contributed by atoms with E-state index in [0.29, 0.717) is 11.3 Å². The Kier molecular flexibility index (Phi) is 6.11. The van der Waals surface area contributed by atoms with Crippen LogP contribution in [0.25, 0.3) is 0 Å². The number of amides is 1. The monoisotopic (exact) mass is 342 g/mol. The summed E-state index contributed by atoms with van der Waals surface area (Å²) in [6.45, 7) is 3.80. The van der Waals surface area contributed by atoms with Gasteiger partial charge in [0.2, 0.25) is 0 Å². The summed E-state index contributed by atoms with van der Waals surface area (Å²) in [5, 5.41) is 10.9. The van der Waals surface area contributed by atoms with Gasteiger partial charge in [0.15, 0.2) is 6.61 Å². The second-order valence-electron chi connectivity index (χ2n) is 5.82. The molecule has 6 nitrogen and oxygen atoms in total. The van der Waals surface area contributed by atoms with Crippen molar-refractivity contribution in [2.75, 3.05) is 13.7 Å². The number of non-ortho nitro benzene ring substituents is 1. The number of carbonyl (C=O) groups excluding carboxylic acids is 1. The number of benzene rings is 2. The maximum atomic E-state index is 12.4. The van der Waals surface area contributed by atoms with Crippen LogP contribution >= 0.6 is 0 Å². The topological polar surface area (TPSA) is 72.7 Å². The number of carbonyl (C=O) groups is 1. The maximum absolute atomic E-state index is 12.4. The van der Waals surface area contributed by atoms with E-state index in [2.05, 4.69) is 6.92 Å². The van der Waals surface area contributed by atoms with Crippen LogP contribution in [0.2, 0.25) is 0 Å². The number of hydrogen-bond donors (Lipinski definition) is 0. The average molecular weight is 342 g/mol. The number of aryl methyl sites for hydroxylation is 1. The molecule has 0 aliphatic carbocycles. The third kappa shape index (κ3) is 4.79. The molecule has 2 aromatic carbocycles. The Bertz CT molecular complexity index is 761. The molecule has 2 aromatic rings. The van der Waals surface area contributed by atoms with Gasteiger partial charge in [-0.3, -0.25) is 14.9 Å². The molecule has 0 saturated carbocycles. The lowest BCUT2D eigenvalue weighted by Gasteiger charge is -2.25. The molecule has 132 valence electrons. The highest BCUT2D eigenvalue weighted by Gasteiger charge is 2.19. The molecule has 0 aromatic heterocycles. The van der Waals surface area contributed by atoms with Crippen molar-refractivity contribution in [1.29, 1.82) is 0 Å². The van der Waals surface area contributed by atoms with Crippen LogP contribution in [0, 0.1) is 10.1 Å². The minimum atomic E-state index is -0.443. The number of nitro groups is 1. The molecule has 1 atom stereocenters. The van der Waals surface area contributed by atoms with Gasteiger partial charge in [0.25, 0.3) is 11.6 Å². The fourth-order valence-electron chi connectivity index (χ4n) is 2.44. The lowest BCUT2D eigenvalue weighted by atomic mass is 10.1. The molecule has 0 bridgehead atoms. The number of likely N-dealkylation sites (N-methyl/N-ethyl adjacent to an activating group) is 1. The largest absolute Gasteiger partial charge is 0.484 e. The van der Waals surface area contributed by atoms with E-state index in [-0.39, 0.29) is 24.2 Å². The minimum Gasteiger partial charge on any atom is -0.484 e. The van der Waals surface area contributed by atoms with Crippen LogP contribution < -0.4 is 4.74 Å². The molecule has 0 aliphatic heterocycles. The first-order valence-electron chi connectivity index (χ1n) is 8.14. The molecule has 25 heavy (non-hydrogen) atoms. The van der Waals surface area contributed by atoms with Gasteiger partial charge < -0.3 is 9.64 Å². The van der Waals surface area contributed by atoms with Crippen molar-refractivity contribution in [1.82, 2.24) is 4.90 Å². The van der Waals surface area contributed by atoms with Crippen LogP contribution in [0.4, 0.5) is 5.69 Å². The van der Waals surface area contributed by atoms with Gasteiger partial charge in [-0.05, 0) is 36.6 Å². The number of nitro benzene ring substituents is 1. The average Bonchev–Trinajstić information content (AvgIpc) is 2.65. The van der Waals surface area contributed by atoms with Crippen LogP contribution in [0.1, 0.15) is 31.0 Å². The van der Waals surface area contributed by atoms with Gasteiger partial charge in [0, 0.05) is 19.2 Å². The molecular weight excluding hydrogens is 320 g/mol. The zero-order chi connectivity index (χ0) is 18.4. The lowest BCUT2D eigenvalue weighted by molar-refractivity contribution is -0.384. The number of nitrogens with zero attached hydrogens (tertiary/aromatic N) is 2. The van der Waals surface area contributed by atoms with Crippen molar-refractivity contribution in [3.05, 3.63) is 69.8 Å². The Morgan fingerprint density at radius 3 is 2.64 bits per heavy atom. The molecule has 0 heterocycles.